The van der Waals surface area contributed by atoms with Gasteiger partial charge in [-0.05, 0) is 49.4 Å². The molecule has 106 valence electrons. The van der Waals surface area contributed by atoms with E-state index >= 15 is 0 Å². The highest BCUT2D eigenvalue weighted by atomic mass is 79.9. The molecule has 3 N–H and O–H groups in total. The molecule has 3 atom stereocenters. The number of rotatable bonds is 4. The molecule has 1 fully saturated rings. The SMILES string of the molecule is CCC(O)CC1CC(N)CN(c2ccc(Br)cc2)C1. The van der Waals surface area contributed by atoms with Crippen LogP contribution in [0.15, 0.2) is 28.7 Å². The van der Waals surface area contributed by atoms with E-state index in [0.29, 0.717) is 5.92 Å². The summed E-state index contributed by atoms with van der Waals surface area (Å²) in [7, 11) is 0. The van der Waals surface area contributed by atoms with E-state index in [1.165, 1.54) is 5.69 Å². The molecule has 1 saturated heterocycles. The van der Waals surface area contributed by atoms with E-state index in [-0.39, 0.29) is 12.1 Å². The highest BCUT2D eigenvalue weighted by Gasteiger charge is 2.26. The van der Waals surface area contributed by atoms with Crippen molar-refractivity contribution < 1.29 is 5.11 Å². The van der Waals surface area contributed by atoms with Gasteiger partial charge >= 0.3 is 0 Å². The fourth-order valence-corrected chi connectivity index (χ4v) is 3.10. The van der Waals surface area contributed by atoms with Crippen molar-refractivity contribution in [2.45, 2.75) is 38.3 Å². The van der Waals surface area contributed by atoms with E-state index in [1.54, 1.807) is 0 Å². The molecule has 19 heavy (non-hydrogen) atoms. The number of piperidine rings is 1. The summed E-state index contributed by atoms with van der Waals surface area (Å²) in [6.07, 6.45) is 2.51. The quantitative estimate of drug-likeness (QED) is 0.894. The van der Waals surface area contributed by atoms with Crippen LogP contribution >= 0.6 is 15.9 Å². The van der Waals surface area contributed by atoms with Gasteiger partial charge in [0.1, 0.15) is 0 Å². The zero-order valence-corrected chi connectivity index (χ0v) is 13.0. The third kappa shape index (κ3) is 4.20. The summed E-state index contributed by atoms with van der Waals surface area (Å²) in [4.78, 5) is 2.34. The molecule has 1 aromatic rings. The Hall–Kier alpha value is -0.580. The number of benzene rings is 1. The molecule has 2 rings (SSSR count). The van der Waals surface area contributed by atoms with Gasteiger partial charge in [-0.1, -0.05) is 22.9 Å². The van der Waals surface area contributed by atoms with Gasteiger partial charge in [0.2, 0.25) is 0 Å². The van der Waals surface area contributed by atoms with E-state index in [4.69, 9.17) is 5.73 Å². The van der Waals surface area contributed by atoms with Gasteiger partial charge in [0.15, 0.2) is 0 Å². The summed E-state index contributed by atoms with van der Waals surface area (Å²) in [5, 5.41) is 9.82. The molecule has 1 heterocycles. The van der Waals surface area contributed by atoms with Gasteiger partial charge < -0.3 is 15.7 Å². The van der Waals surface area contributed by atoms with Crippen molar-refractivity contribution in [1.82, 2.24) is 0 Å². The molecule has 0 saturated carbocycles. The zero-order chi connectivity index (χ0) is 13.8. The second kappa shape index (κ2) is 6.73. The molecule has 0 aromatic heterocycles. The molecular formula is C15H23BrN2O. The van der Waals surface area contributed by atoms with Gasteiger partial charge in [0.05, 0.1) is 6.10 Å². The Morgan fingerprint density at radius 1 is 1.37 bits per heavy atom. The lowest BCUT2D eigenvalue weighted by atomic mass is 9.89. The lowest BCUT2D eigenvalue weighted by Crippen LogP contribution is -2.47. The van der Waals surface area contributed by atoms with Gasteiger partial charge in [0, 0.05) is 29.3 Å². The topological polar surface area (TPSA) is 49.5 Å². The van der Waals surface area contributed by atoms with Crippen LogP contribution in [0.25, 0.3) is 0 Å². The Kier molecular flexibility index (Phi) is 5.25. The fourth-order valence-electron chi connectivity index (χ4n) is 2.83. The third-order valence-electron chi connectivity index (χ3n) is 3.84. The normalized spacial score (nSPS) is 25.4. The summed E-state index contributed by atoms with van der Waals surface area (Å²) in [6, 6.07) is 8.56. The first kappa shape index (κ1) is 14.8. The van der Waals surface area contributed by atoms with Crippen molar-refractivity contribution in [3.63, 3.8) is 0 Å². The molecule has 0 bridgehead atoms. The molecule has 1 aliphatic heterocycles. The number of aliphatic hydroxyl groups excluding tert-OH is 1. The summed E-state index contributed by atoms with van der Waals surface area (Å²) in [5.74, 6) is 0.488. The lowest BCUT2D eigenvalue weighted by molar-refractivity contribution is 0.131. The molecular weight excluding hydrogens is 304 g/mol. The van der Waals surface area contributed by atoms with Crippen molar-refractivity contribution in [1.29, 1.82) is 0 Å². The smallest absolute Gasteiger partial charge is 0.0541 e. The molecule has 0 amide bonds. The van der Waals surface area contributed by atoms with E-state index < -0.39 is 0 Å². The number of anilines is 1. The van der Waals surface area contributed by atoms with E-state index in [9.17, 15) is 5.11 Å². The minimum atomic E-state index is -0.193. The average molecular weight is 327 g/mol. The maximum Gasteiger partial charge on any atom is 0.0541 e. The van der Waals surface area contributed by atoms with Crippen molar-refractivity contribution in [3.8, 4) is 0 Å². The van der Waals surface area contributed by atoms with Gasteiger partial charge in [-0.15, -0.1) is 0 Å². The first-order valence-electron chi connectivity index (χ1n) is 7.02. The monoisotopic (exact) mass is 326 g/mol. The number of nitrogens with two attached hydrogens (primary N) is 1. The van der Waals surface area contributed by atoms with Crippen LogP contribution in [0.4, 0.5) is 5.69 Å². The Balaban J connectivity index is 2.03. The first-order chi connectivity index (χ1) is 9.08. The highest BCUT2D eigenvalue weighted by Crippen LogP contribution is 2.27. The summed E-state index contributed by atoms with van der Waals surface area (Å²) >= 11 is 3.46. The zero-order valence-electron chi connectivity index (χ0n) is 11.4. The van der Waals surface area contributed by atoms with Crippen LogP contribution in [-0.2, 0) is 0 Å². The van der Waals surface area contributed by atoms with Crippen LogP contribution in [0.2, 0.25) is 0 Å². The van der Waals surface area contributed by atoms with E-state index in [1.807, 2.05) is 6.92 Å². The predicted octanol–water partition coefficient (Wildman–Crippen LogP) is 2.76. The Labute approximate surface area is 123 Å². The van der Waals surface area contributed by atoms with Crippen LogP contribution in [0.5, 0.6) is 0 Å². The number of halogens is 1. The van der Waals surface area contributed by atoms with E-state index in [2.05, 4.69) is 45.1 Å². The molecule has 1 aliphatic rings. The summed E-state index contributed by atoms with van der Waals surface area (Å²) in [6.45, 7) is 3.92. The molecule has 3 nitrogen and oxygen atoms in total. The van der Waals surface area contributed by atoms with Crippen molar-refractivity contribution >= 4 is 21.6 Å². The average Bonchev–Trinajstić information content (AvgIpc) is 2.38. The molecule has 0 radical (unpaired) electrons. The number of hydrogen-bond acceptors (Lipinski definition) is 3. The molecule has 0 aliphatic carbocycles. The largest absolute Gasteiger partial charge is 0.393 e. The predicted molar refractivity (Wildman–Crippen MR) is 83.4 cm³/mol. The Morgan fingerprint density at radius 3 is 2.68 bits per heavy atom. The highest BCUT2D eigenvalue weighted by molar-refractivity contribution is 9.10. The van der Waals surface area contributed by atoms with Gasteiger partial charge in [-0.25, -0.2) is 0 Å². The molecule has 3 unspecified atom stereocenters. The lowest BCUT2D eigenvalue weighted by Gasteiger charge is -2.38. The fraction of sp³-hybridized carbons (Fsp3) is 0.600. The maximum absolute atomic E-state index is 9.82. The minimum absolute atomic E-state index is 0.193. The molecule has 1 aromatic carbocycles. The van der Waals surface area contributed by atoms with Crippen LogP contribution in [0.3, 0.4) is 0 Å². The van der Waals surface area contributed by atoms with Crippen LogP contribution in [0, 0.1) is 5.92 Å². The third-order valence-corrected chi connectivity index (χ3v) is 4.37. The van der Waals surface area contributed by atoms with Crippen molar-refractivity contribution in [2.24, 2.45) is 11.7 Å². The number of hydrogen-bond donors (Lipinski definition) is 2. The van der Waals surface area contributed by atoms with E-state index in [0.717, 1.165) is 36.8 Å². The van der Waals surface area contributed by atoms with Crippen LogP contribution in [-0.4, -0.2) is 30.3 Å². The second-order valence-corrected chi connectivity index (χ2v) is 6.46. The Bertz CT molecular complexity index is 396. The van der Waals surface area contributed by atoms with Crippen molar-refractivity contribution in [2.75, 3.05) is 18.0 Å². The maximum atomic E-state index is 9.82. The number of aliphatic hydroxyl groups is 1. The standard InChI is InChI=1S/C15H23BrN2O/c1-2-15(19)8-11-7-13(17)10-18(9-11)14-5-3-12(16)4-6-14/h3-6,11,13,15,19H,2,7-10,17H2,1H3. The molecule has 0 spiro atoms. The van der Waals surface area contributed by atoms with Crippen LogP contribution < -0.4 is 10.6 Å². The summed E-state index contributed by atoms with van der Waals surface area (Å²) in [5.41, 5.74) is 7.38. The second-order valence-electron chi connectivity index (χ2n) is 5.54. The van der Waals surface area contributed by atoms with Gasteiger partial charge in [-0.3, -0.25) is 0 Å². The first-order valence-corrected chi connectivity index (χ1v) is 7.82. The van der Waals surface area contributed by atoms with Gasteiger partial charge in [0.25, 0.3) is 0 Å². The van der Waals surface area contributed by atoms with Crippen LogP contribution in [0.1, 0.15) is 26.2 Å². The number of nitrogens with zero attached hydrogens (tertiary/aromatic N) is 1. The van der Waals surface area contributed by atoms with Gasteiger partial charge in [-0.2, -0.15) is 0 Å². The van der Waals surface area contributed by atoms with Crippen molar-refractivity contribution in [3.05, 3.63) is 28.7 Å². The molecule has 4 heteroatoms. The summed E-state index contributed by atoms with van der Waals surface area (Å²) < 4.78 is 1.09. The minimum Gasteiger partial charge on any atom is -0.393 e. The Morgan fingerprint density at radius 2 is 2.05 bits per heavy atom.